The van der Waals surface area contributed by atoms with Gasteiger partial charge in [0.25, 0.3) is 0 Å². The molecule has 1 N–H and O–H groups in total. The van der Waals surface area contributed by atoms with Gasteiger partial charge in [0.1, 0.15) is 12.7 Å². The van der Waals surface area contributed by atoms with Crippen molar-refractivity contribution in [3.05, 3.63) is 12.7 Å². The Labute approximate surface area is 102 Å². The molecule has 1 aromatic heterocycles. The molecular formula is C8H17Cl2N5. The molecule has 2 heterocycles. The third-order valence-corrected chi connectivity index (χ3v) is 2.32. The molecule has 15 heavy (non-hydrogen) atoms. The van der Waals surface area contributed by atoms with E-state index < -0.39 is 0 Å². The standard InChI is InChI=1S/C8H15N5.2ClH/c1-3-12(4-2-9-1)5-6-13-8-10-7-11-13;;/h7-9H,1-6H2;2*1H. The zero-order chi connectivity index (χ0) is 8.93. The fourth-order valence-electron chi connectivity index (χ4n) is 1.53. The first-order valence-corrected chi connectivity index (χ1v) is 4.70. The molecule has 0 aromatic carbocycles. The molecule has 0 amide bonds. The molecule has 5 nitrogen and oxygen atoms in total. The van der Waals surface area contributed by atoms with E-state index in [0.29, 0.717) is 0 Å². The molecule has 88 valence electrons. The molecule has 0 saturated carbocycles. The Balaban J connectivity index is 0.000000980. The molecule has 0 bridgehead atoms. The van der Waals surface area contributed by atoms with Crippen LogP contribution < -0.4 is 5.32 Å². The summed E-state index contributed by atoms with van der Waals surface area (Å²) in [5.74, 6) is 0. The van der Waals surface area contributed by atoms with Crippen molar-refractivity contribution in [1.29, 1.82) is 0 Å². The van der Waals surface area contributed by atoms with Gasteiger partial charge in [-0.2, -0.15) is 5.10 Å². The molecule has 0 unspecified atom stereocenters. The van der Waals surface area contributed by atoms with Crippen molar-refractivity contribution < 1.29 is 0 Å². The lowest BCUT2D eigenvalue weighted by atomic mass is 10.3. The van der Waals surface area contributed by atoms with Crippen LogP contribution in [0.25, 0.3) is 0 Å². The summed E-state index contributed by atoms with van der Waals surface area (Å²) in [7, 11) is 0. The van der Waals surface area contributed by atoms with E-state index in [1.54, 1.807) is 12.7 Å². The fourth-order valence-corrected chi connectivity index (χ4v) is 1.53. The molecule has 1 aliphatic rings. The van der Waals surface area contributed by atoms with E-state index in [2.05, 4.69) is 20.3 Å². The minimum atomic E-state index is 0. The van der Waals surface area contributed by atoms with E-state index in [0.717, 1.165) is 39.3 Å². The number of hydrogen-bond acceptors (Lipinski definition) is 4. The highest BCUT2D eigenvalue weighted by atomic mass is 35.5. The maximum Gasteiger partial charge on any atom is 0.137 e. The van der Waals surface area contributed by atoms with Crippen LogP contribution in [-0.2, 0) is 6.54 Å². The van der Waals surface area contributed by atoms with Crippen molar-refractivity contribution in [2.45, 2.75) is 6.54 Å². The van der Waals surface area contributed by atoms with Crippen LogP contribution in [0, 0.1) is 0 Å². The first-order chi connectivity index (χ1) is 6.45. The van der Waals surface area contributed by atoms with Gasteiger partial charge in [-0.05, 0) is 0 Å². The lowest BCUT2D eigenvalue weighted by molar-refractivity contribution is 0.229. The molecule has 0 aliphatic carbocycles. The van der Waals surface area contributed by atoms with E-state index in [1.165, 1.54) is 0 Å². The SMILES string of the molecule is Cl.Cl.c1ncn(CCN2CCNCC2)n1. The number of rotatable bonds is 3. The van der Waals surface area contributed by atoms with Gasteiger partial charge in [0.2, 0.25) is 0 Å². The Bertz CT molecular complexity index is 235. The number of aromatic nitrogens is 3. The number of piperazine rings is 1. The van der Waals surface area contributed by atoms with Gasteiger partial charge in [-0.1, -0.05) is 0 Å². The average Bonchev–Trinajstić information content (AvgIpc) is 2.69. The predicted molar refractivity (Wildman–Crippen MR) is 63.8 cm³/mol. The zero-order valence-electron chi connectivity index (χ0n) is 8.50. The lowest BCUT2D eigenvalue weighted by Gasteiger charge is -2.26. The van der Waals surface area contributed by atoms with Crippen molar-refractivity contribution >= 4 is 24.8 Å². The largest absolute Gasteiger partial charge is 0.314 e. The highest BCUT2D eigenvalue weighted by Crippen LogP contribution is 1.92. The van der Waals surface area contributed by atoms with Gasteiger partial charge in [-0.25, -0.2) is 4.98 Å². The van der Waals surface area contributed by atoms with Crippen molar-refractivity contribution in [1.82, 2.24) is 25.0 Å². The number of halogens is 2. The highest BCUT2D eigenvalue weighted by molar-refractivity contribution is 5.85. The third kappa shape index (κ3) is 4.79. The second kappa shape index (κ2) is 7.87. The summed E-state index contributed by atoms with van der Waals surface area (Å²) in [6.07, 6.45) is 3.35. The summed E-state index contributed by atoms with van der Waals surface area (Å²) in [5, 5.41) is 7.40. The second-order valence-electron chi connectivity index (χ2n) is 3.25. The van der Waals surface area contributed by atoms with Crippen LogP contribution in [0.4, 0.5) is 0 Å². The first-order valence-electron chi connectivity index (χ1n) is 4.70. The van der Waals surface area contributed by atoms with E-state index in [-0.39, 0.29) is 24.8 Å². The van der Waals surface area contributed by atoms with Crippen LogP contribution in [0.5, 0.6) is 0 Å². The van der Waals surface area contributed by atoms with Gasteiger partial charge in [0, 0.05) is 32.7 Å². The number of nitrogens with one attached hydrogen (secondary N) is 1. The summed E-state index contributed by atoms with van der Waals surface area (Å²) in [6.45, 7) is 6.53. The monoisotopic (exact) mass is 253 g/mol. The van der Waals surface area contributed by atoms with Crippen LogP contribution in [0.1, 0.15) is 0 Å². The fraction of sp³-hybridized carbons (Fsp3) is 0.750. The molecule has 1 aliphatic heterocycles. The third-order valence-electron chi connectivity index (χ3n) is 2.32. The minimum Gasteiger partial charge on any atom is -0.314 e. The second-order valence-corrected chi connectivity index (χ2v) is 3.25. The van der Waals surface area contributed by atoms with E-state index in [9.17, 15) is 0 Å². The van der Waals surface area contributed by atoms with Crippen LogP contribution in [0.2, 0.25) is 0 Å². The molecule has 1 saturated heterocycles. The molecule has 2 rings (SSSR count). The van der Waals surface area contributed by atoms with E-state index in [4.69, 9.17) is 0 Å². The van der Waals surface area contributed by atoms with E-state index >= 15 is 0 Å². The van der Waals surface area contributed by atoms with Crippen LogP contribution >= 0.6 is 24.8 Å². The topological polar surface area (TPSA) is 46.0 Å². The van der Waals surface area contributed by atoms with Gasteiger partial charge < -0.3 is 5.32 Å². The molecule has 0 spiro atoms. The van der Waals surface area contributed by atoms with Gasteiger partial charge in [0.05, 0.1) is 6.54 Å². The van der Waals surface area contributed by atoms with Crippen molar-refractivity contribution in [2.75, 3.05) is 32.7 Å². The van der Waals surface area contributed by atoms with Crippen LogP contribution in [0.15, 0.2) is 12.7 Å². The molecule has 1 fully saturated rings. The van der Waals surface area contributed by atoms with Crippen LogP contribution in [-0.4, -0.2) is 52.4 Å². The smallest absolute Gasteiger partial charge is 0.137 e. The Morgan fingerprint density at radius 2 is 1.87 bits per heavy atom. The summed E-state index contributed by atoms with van der Waals surface area (Å²) >= 11 is 0. The van der Waals surface area contributed by atoms with Gasteiger partial charge in [-0.15, -0.1) is 24.8 Å². The van der Waals surface area contributed by atoms with E-state index in [1.807, 2.05) is 4.68 Å². The average molecular weight is 254 g/mol. The van der Waals surface area contributed by atoms with Crippen molar-refractivity contribution in [3.8, 4) is 0 Å². The highest BCUT2D eigenvalue weighted by Gasteiger charge is 2.08. The van der Waals surface area contributed by atoms with Crippen molar-refractivity contribution in [2.24, 2.45) is 0 Å². The summed E-state index contributed by atoms with van der Waals surface area (Å²) in [5.41, 5.74) is 0. The van der Waals surface area contributed by atoms with Gasteiger partial charge in [-0.3, -0.25) is 9.58 Å². The van der Waals surface area contributed by atoms with Gasteiger partial charge in [0.15, 0.2) is 0 Å². The lowest BCUT2D eigenvalue weighted by Crippen LogP contribution is -2.44. The quantitative estimate of drug-likeness (QED) is 0.826. The maximum absolute atomic E-state index is 4.06. The molecule has 1 aromatic rings. The first kappa shape index (κ1) is 14.6. The summed E-state index contributed by atoms with van der Waals surface area (Å²) in [6, 6.07) is 0. The summed E-state index contributed by atoms with van der Waals surface area (Å²) in [4.78, 5) is 6.35. The van der Waals surface area contributed by atoms with Gasteiger partial charge >= 0.3 is 0 Å². The summed E-state index contributed by atoms with van der Waals surface area (Å²) < 4.78 is 1.88. The molecule has 0 atom stereocenters. The normalized spacial score (nSPS) is 16.5. The zero-order valence-corrected chi connectivity index (χ0v) is 10.1. The number of hydrogen-bond donors (Lipinski definition) is 1. The Hall–Kier alpha value is -0.360. The predicted octanol–water partition coefficient (Wildman–Crippen LogP) is 0.0269. The molecule has 0 radical (unpaired) electrons. The molecule has 7 heteroatoms. The van der Waals surface area contributed by atoms with Crippen molar-refractivity contribution in [3.63, 3.8) is 0 Å². The Kier molecular flexibility index (Phi) is 7.68. The van der Waals surface area contributed by atoms with Crippen LogP contribution in [0.3, 0.4) is 0 Å². The Morgan fingerprint density at radius 3 is 2.47 bits per heavy atom. The number of nitrogens with zero attached hydrogens (tertiary/aromatic N) is 4. The minimum absolute atomic E-state index is 0. The Morgan fingerprint density at radius 1 is 1.13 bits per heavy atom. The maximum atomic E-state index is 4.06. The molecular weight excluding hydrogens is 237 g/mol.